The van der Waals surface area contributed by atoms with Crippen LogP contribution in [0, 0.1) is 10.1 Å². The number of carbonyl (C=O) groups is 1. The Balaban J connectivity index is 1.46. The normalized spacial score (nSPS) is 11.1. The molecule has 0 bridgehead atoms. The van der Waals surface area contributed by atoms with E-state index < -0.39 is 10.8 Å². The summed E-state index contributed by atoms with van der Waals surface area (Å²) in [6.07, 6.45) is 1.45. The van der Waals surface area contributed by atoms with Crippen LogP contribution in [0.4, 0.5) is 5.69 Å². The second kappa shape index (κ2) is 9.97. The lowest BCUT2D eigenvalue weighted by Crippen LogP contribution is -2.16. The van der Waals surface area contributed by atoms with E-state index in [9.17, 15) is 14.9 Å². The second-order valence-corrected chi connectivity index (χ2v) is 8.72. The average Bonchev–Trinajstić information content (AvgIpc) is 3.22. The summed E-state index contributed by atoms with van der Waals surface area (Å²) < 4.78 is 13.1. The minimum atomic E-state index is -0.493. The fourth-order valence-corrected chi connectivity index (χ4v) is 3.77. The molecule has 166 valence electrons. The number of nitrogens with one attached hydrogen (secondary N) is 1. The third-order valence-corrected chi connectivity index (χ3v) is 5.55. The van der Waals surface area contributed by atoms with Crippen LogP contribution in [-0.4, -0.2) is 17.0 Å². The van der Waals surface area contributed by atoms with Crippen LogP contribution in [0.2, 0.25) is 0 Å². The van der Waals surface area contributed by atoms with Crippen molar-refractivity contribution in [3.05, 3.63) is 103 Å². The predicted molar refractivity (Wildman–Crippen MR) is 131 cm³/mol. The quantitative estimate of drug-likeness (QED) is 0.161. The fraction of sp³-hybridized carbons (Fsp3) is 0.0435. The van der Waals surface area contributed by atoms with E-state index in [4.69, 9.17) is 9.15 Å². The van der Waals surface area contributed by atoms with Gasteiger partial charge in [0.25, 0.3) is 5.69 Å². The number of fused-ring (bicyclic) bond motifs is 1. The highest BCUT2D eigenvalue weighted by Crippen LogP contribution is 2.25. The summed E-state index contributed by atoms with van der Waals surface area (Å²) in [5.41, 5.74) is 4.28. The maximum atomic E-state index is 12.4. The van der Waals surface area contributed by atoms with Crippen molar-refractivity contribution in [2.75, 3.05) is 0 Å². The first-order chi connectivity index (χ1) is 15.9. The van der Waals surface area contributed by atoms with Gasteiger partial charge in [0.2, 0.25) is 0 Å². The Labute approximate surface area is 204 Å². The molecular weight excluding hydrogens is 558 g/mol. The molecule has 4 aromatic rings. The van der Waals surface area contributed by atoms with Crippen LogP contribution in [0.1, 0.15) is 21.7 Å². The molecular formula is C23H15Br2N3O5. The molecule has 1 amide bonds. The zero-order valence-corrected chi connectivity index (χ0v) is 20.0. The zero-order chi connectivity index (χ0) is 23.4. The number of nitro groups is 1. The molecule has 33 heavy (non-hydrogen) atoms. The Bertz CT molecular complexity index is 1380. The third-order valence-electron chi connectivity index (χ3n) is 4.56. The van der Waals surface area contributed by atoms with Gasteiger partial charge in [-0.2, -0.15) is 5.10 Å². The van der Waals surface area contributed by atoms with Crippen molar-refractivity contribution in [1.29, 1.82) is 0 Å². The summed E-state index contributed by atoms with van der Waals surface area (Å²) >= 11 is 6.79. The molecule has 3 aromatic carbocycles. The maximum absolute atomic E-state index is 12.4. The second-order valence-electron chi connectivity index (χ2n) is 6.89. The first-order valence-corrected chi connectivity index (χ1v) is 11.2. The molecule has 0 aliphatic rings. The van der Waals surface area contributed by atoms with Crippen molar-refractivity contribution in [2.45, 2.75) is 6.61 Å². The van der Waals surface area contributed by atoms with Crippen LogP contribution in [0.3, 0.4) is 0 Å². The highest BCUT2D eigenvalue weighted by atomic mass is 79.9. The number of nitro benzene ring substituents is 1. The van der Waals surface area contributed by atoms with Crippen LogP contribution in [0.15, 0.2) is 85.2 Å². The molecule has 1 aromatic heterocycles. The lowest BCUT2D eigenvalue weighted by atomic mass is 10.2. The van der Waals surface area contributed by atoms with Gasteiger partial charge in [-0.1, -0.05) is 44.0 Å². The summed E-state index contributed by atoms with van der Waals surface area (Å²) in [4.78, 5) is 22.9. The summed E-state index contributed by atoms with van der Waals surface area (Å²) in [7, 11) is 0. The van der Waals surface area contributed by atoms with Crippen LogP contribution >= 0.6 is 31.9 Å². The van der Waals surface area contributed by atoms with Gasteiger partial charge in [0.15, 0.2) is 5.76 Å². The minimum Gasteiger partial charge on any atom is -0.488 e. The van der Waals surface area contributed by atoms with Crippen LogP contribution in [0.5, 0.6) is 5.75 Å². The van der Waals surface area contributed by atoms with Gasteiger partial charge in [-0.25, -0.2) is 5.43 Å². The number of amides is 1. The maximum Gasteiger partial charge on any atom is 0.307 e. The molecule has 1 heterocycles. The molecule has 0 unspecified atom stereocenters. The number of non-ortho nitro benzene ring substituents is 1. The van der Waals surface area contributed by atoms with Gasteiger partial charge < -0.3 is 9.15 Å². The molecule has 4 rings (SSSR count). The number of hydrogen-bond donors (Lipinski definition) is 1. The number of nitrogens with zero attached hydrogens (tertiary/aromatic N) is 2. The van der Waals surface area contributed by atoms with Crippen molar-refractivity contribution >= 4 is 60.6 Å². The first-order valence-electron chi connectivity index (χ1n) is 9.57. The molecule has 0 saturated heterocycles. The van der Waals surface area contributed by atoms with Gasteiger partial charge >= 0.3 is 5.91 Å². The Kier molecular flexibility index (Phi) is 6.85. The van der Waals surface area contributed by atoms with Gasteiger partial charge in [0, 0.05) is 32.0 Å². The van der Waals surface area contributed by atoms with E-state index in [0.717, 1.165) is 14.3 Å². The SMILES string of the molecule is O=C(NN=Cc1cc(Br)ccc1OCc1cccc([N+](=O)[O-])c1)c1cc2cc(Br)ccc2o1. The van der Waals surface area contributed by atoms with Gasteiger partial charge in [-0.15, -0.1) is 0 Å². The number of hydrazone groups is 1. The molecule has 1 N–H and O–H groups in total. The Hall–Kier alpha value is -3.50. The van der Waals surface area contributed by atoms with E-state index >= 15 is 0 Å². The van der Waals surface area contributed by atoms with E-state index in [1.54, 1.807) is 42.5 Å². The van der Waals surface area contributed by atoms with Gasteiger partial charge in [-0.3, -0.25) is 14.9 Å². The van der Waals surface area contributed by atoms with E-state index in [1.165, 1.54) is 18.3 Å². The number of carbonyl (C=O) groups excluding carboxylic acids is 1. The molecule has 0 aliphatic carbocycles. The van der Waals surface area contributed by atoms with Crippen molar-refractivity contribution in [2.24, 2.45) is 5.10 Å². The van der Waals surface area contributed by atoms with Crippen LogP contribution < -0.4 is 10.2 Å². The molecule has 0 radical (unpaired) electrons. The van der Waals surface area contributed by atoms with E-state index in [0.29, 0.717) is 22.5 Å². The highest BCUT2D eigenvalue weighted by Gasteiger charge is 2.12. The molecule has 10 heteroatoms. The van der Waals surface area contributed by atoms with Crippen molar-refractivity contribution in [3.8, 4) is 5.75 Å². The summed E-state index contributed by atoms with van der Waals surface area (Å²) in [5, 5.41) is 15.8. The van der Waals surface area contributed by atoms with Crippen molar-refractivity contribution in [3.63, 3.8) is 0 Å². The van der Waals surface area contributed by atoms with Crippen LogP contribution in [-0.2, 0) is 6.61 Å². The third kappa shape index (κ3) is 5.65. The average molecular weight is 573 g/mol. The fourth-order valence-electron chi connectivity index (χ4n) is 3.01. The molecule has 0 atom stereocenters. The number of rotatable bonds is 7. The lowest BCUT2D eigenvalue weighted by molar-refractivity contribution is -0.384. The molecule has 0 saturated carbocycles. The smallest absolute Gasteiger partial charge is 0.307 e. The number of hydrogen-bond acceptors (Lipinski definition) is 6. The number of benzene rings is 3. The molecule has 8 nitrogen and oxygen atoms in total. The van der Waals surface area contributed by atoms with Crippen molar-refractivity contribution < 1.29 is 18.9 Å². The topological polar surface area (TPSA) is 107 Å². The van der Waals surface area contributed by atoms with E-state index in [1.807, 2.05) is 12.1 Å². The number of furan rings is 1. The molecule has 0 aliphatic heterocycles. The molecule has 0 fully saturated rings. The minimum absolute atomic E-state index is 0.00523. The largest absolute Gasteiger partial charge is 0.488 e. The zero-order valence-electron chi connectivity index (χ0n) is 16.8. The summed E-state index contributed by atoms with van der Waals surface area (Å²) in [6.45, 7) is 0.130. The predicted octanol–water partition coefficient (Wildman–Crippen LogP) is 6.21. The number of halogens is 2. The van der Waals surface area contributed by atoms with Gasteiger partial charge in [0.1, 0.15) is 17.9 Å². The van der Waals surface area contributed by atoms with E-state index in [-0.39, 0.29) is 18.1 Å². The Morgan fingerprint density at radius 3 is 2.70 bits per heavy atom. The summed E-state index contributed by atoms with van der Waals surface area (Å²) in [6, 6.07) is 18.6. The number of ether oxygens (including phenoxy) is 1. The van der Waals surface area contributed by atoms with Gasteiger partial charge in [-0.05, 0) is 48.0 Å². The Morgan fingerprint density at radius 1 is 1.09 bits per heavy atom. The monoisotopic (exact) mass is 571 g/mol. The van der Waals surface area contributed by atoms with Crippen molar-refractivity contribution in [1.82, 2.24) is 5.43 Å². The summed E-state index contributed by atoms with van der Waals surface area (Å²) in [5.74, 6) is 0.139. The first kappa shape index (κ1) is 22.7. The standard InChI is InChI=1S/C23H15Br2N3O5/c24-17-5-7-21-15(9-17)11-22(33-21)23(29)27-26-12-16-10-18(25)4-6-20(16)32-13-14-2-1-3-19(8-14)28(30)31/h1-12H,13H2,(H,27,29). The van der Waals surface area contributed by atoms with E-state index in [2.05, 4.69) is 42.4 Å². The molecule has 0 spiro atoms. The van der Waals surface area contributed by atoms with Crippen LogP contribution in [0.25, 0.3) is 11.0 Å². The van der Waals surface area contributed by atoms with Gasteiger partial charge in [0.05, 0.1) is 11.1 Å². The lowest BCUT2D eigenvalue weighted by Gasteiger charge is -2.09. The highest BCUT2D eigenvalue weighted by molar-refractivity contribution is 9.10. The Morgan fingerprint density at radius 2 is 1.88 bits per heavy atom.